The Balaban J connectivity index is 1.95. The number of nitrogens with zero attached hydrogens (tertiary/aromatic N) is 3. The summed E-state index contributed by atoms with van der Waals surface area (Å²) in [5, 5.41) is 4.93. The van der Waals surface area contributed by atoms with Crippen molar-refractivity contribution in [2.24, 2.45) is 0 Å². The zero-order valence-electron chi connectivity index (χ0n) is 16.4. The van der Waals surface area contributed by atoms with Crippen LogP contribution in [0.3, 0.4) is 0 Å². The molecule has 2 atom stereocenters. The lowest BCUT2D eigenvalue weighted by Gasteiger charge is -2.31. The second-order valence-corrected chi connectivity index (χ2v) is 7.83. The van der Waals surface area contributed by atoms with Gasteiger partial charge < -0.3 is 9.64 Å². The summed E-state index contributed by atoms with van der Waals surface area (Å²) < 4.78 is 10.3. The Hall–Kier alpha value is -1.66. The van der Waals surface area contributed by atoms with Crippen molar-refractivity contribution >= 4 is 12.2 Å². The maximum atomic E-state index is 5.81. The summed E-state index contributed by atoms with van der Waals surface area (Å²) in [4.78, 5) is 1.62. The highest BCUT2D eigenvalue weighted by atomic mass is 32.1. The molecule has 1 unspecified atom stereocenters. The van der Waals surface area contributed by atoms with Crippen molar-refractivity contribution < 1.29 is 9.64 Å². The zero-order valence-corrected chi connectivity index (χ0v) is 17.2. The maximum absolute atomic E-state index is 5.81. The molecule has 26 heavy (non-hydrogen) atoms. The summed E-state index contributed by atoms with van der Waals surface area (Å²) in [6, 6.07) is 9.06. The molecule has 1 N–H and O–H groups in total. The molecular weight excluding hydrogens is 344 g/mol. The Morgan fingerprint density at radius 2 is 2.00 bits per heavy atom. The molecule has 0 radical (unpaired) electrons. The van der Waals surface area contributed by atoms with Crippen LogP contribution in [0, 0.1) is 4.77 Å². The van der Waals surface area contributed by atoms with Crippen molar-refractivity contribution in [3.05, 3.63) is 29.0 Å². The zero-order chi connectivity index (χ0) is 18.7. The van der Waals surface area contributed by atoms with E-state index in [1.54, 1.807) is 12.0 Å². The van der Waals surface area contributed by atoms with Crippen LogP contribution in [-0.2, 0) is 6.67 Å². The van der Waals surface area contributed by atoms with Crippen LogP contribution in [0.2, 0.25) is 0 Å². The minimum atomic E-state index is 0.270. The van der Waals surface area contributed by atoms with Crippen LogP contribution in [0.1, 0.15) is 52.5 Å². The minimum Gasteiger partial charge on any atom is -0.497 e. The Labute approximate surface area is 161 Å². The predicted molar refractivity (Wildman–Crippen MR) is 107 cm³/mol. The van der Waals surface area contributed by atoms with Crippen LogP contribution in [0.5, 0.6) is 5.75 Å². The van der Waals surface area contributed by atoms with E-state index in [4.69, 9.17) is 22.1 Å². The van der Waals surface area contributed by atoms with Gasteiger partial charge in [-0.15, -0.1) is 5.10 Å². The van der Waals surface area contributed by atoms with Crippen molar-refractivity contribution in [1.82, 2.24) is 14.3 Å². The molecule has 0 bridgehead atoms. The third-order valence-corrected chi connectivity index (χ3v) is 5.87. The quantitative estimate of drug-likeness (QED) is 0.786. The van der Waals surface area contributed by atoms with Gasteiger partial charge >= 0.3 is 0 Å². The third kappa shape index (κ3) is 3.86. The third-order valence-electron chi connectivity index (χ3n) is 5.46. The highest BCUT2D eigenvalue weighted by molar-refractivity contribution is 7.71. The van der Waals surface area contributed by atoms with Crippen LogP contribution in [0.15, 0.2) is 24.3 Å². The van der Waals surface area contributed by atoms with E-state index in [1.807, 2.05) is 16.8 Å². The van der Waals surface area contributed by atoms with Gasteiger partial charge in [0.05, 0.1) is 19.7 Å². The molecular formula is C20H31N4OS+. The van der Waals surface area contributed by atoms with Crippen LogP contribution in [-0.4, -0.2) is 34.0 Å². The van der Waals surface area contributed by atoms with E-state index in [9.17, 15) is 0 Å². The van der Waals surface area contributed by atoms with Gasteiger partial charge in [0.2, 0.25) is 4.77 Å². The lowest BCUT2D eigenvalue weighted by atomic mass is 10.0. The van der Waals surface area contributed by atoms with Gasteiger partial charge in [0.1, 0.15) is 5.75 Å². The average Bonchev–Trinajstić information content (AvgIpc) is 2.99. The number of piperidine rings is 1. The number of hydrogen-bond donors (Lipinski definition) is 1. The van der Waals surface area contributed by atoms with Crippen molar-refractivity contribution in [2.75, 3.05) is 13.7 Å². The van der Waals surface area contributed by atoms with Gasteiger partial charge in [-0.25, -0.2) is 0 Å². The van der Waals surface area contributed by atoms with Gasteiger partial charge in [-0.1, -0.05) is 6.92 Å². The molecule has 142 valence electrons. The molecule has 1 aliphatic heterocycles. The molecule has 1 aliphatic rings. The van der Waals surface area contributed by atoms with Crippen molar-refractivity contribution in [3.8, 4) is 17.1 Å². The van der Waals surface area contributed by atoms with Crippen LogP contribution in [0.4, 0.5) is 0 Å². The second kappa shape index (κ2) is 8.35. The molecule has 3 rings (SSSR count). The van der Waals surface area contributed by atoms with Crippen LogP contribution < -0.4 is 9.64 Å². The van der Waals surface area contributed by atoms with E-state index < -0.39 is 0 Å². The summed E-state index contributed by atoms with van der Waals surface area (Å²) in [5.74, 6) is 1.79. The normalized spacial score (nSPS) is 20.5. The number of likely N-dealkylation sites (tertiary alicyclic amines) is 1. The van der Waals surface area contributed by atoms with E-state index in [0.717, 1.165) is 34.6 Å². The molecule has 1 aromatic heterocycles. The summed E-state index contributed by atoms with van der Waals surface area (Å²) in [6.07, 6.45) is 5.19. The van der Waals surface area contributed by atoms with E-state index in [1.165, 1.54) is 32.2 Å². The molecule has 1 saturated heterocycles. The summed E-state index contributed by atoms with van der Waals surface area (Å²) >= 11 is 5.81. The monoisotopic (exact) mass is 375 g/mol. The fraction of sp³-hybridized carbons (Fsp3) is 0.600. The predicted octanol–water partition coefficient (Wildman–Crippen LogP) is 3.48. The van der Waals surface area contributed by atoms with Gasteiger partial charge in [0.25, 0.3) is 0 Å². The number of methoxy groups -OCH3 is 1. The first-order valence-electron chi connectivity index (χ1n) is 9.73. The van der Waals surface area contributed by atoms with Gasteiger partial charge in [0, 0.05) is 11.6 Å². The number of ether oxygens (including phenoxy) is 1. The number of rotatable bonds is 6. The number of benzene rings is 1. The minimum absolute atomic E-state index is 0.270. The standard InChI is InChI=1S/C20H30N4OS/c1-5-17-8-6-7-13-22(17)14-23-20(26)24(15(2)3)19(21-23)16-9-11-18(25-4)12-10-16/h9-12,15,17H,5-8,13-14H2,1-4H3/p+1/t17-/m0/s1. The molecule has 0 amide bonds. The van der Waals surface area contributed by atoms with E-state index in [-0.39, 0.29) is 6.04 Å². The van der Waals surface area contributed by atoms with Crippen molar-refractivity contribution in [3.63, 3.8) is 0 Å². The number of aromatic nitrogens is 3. The summed E-state index contributed by atoms with van der Waals surface area (Å²) in [7, 11) is 1.69. The first-order valence-corrected chi connectivity index (χ1v) is 10.1. The smallest absolute Gasteiger partial charge is 0.203 e. The van der Waals surface area contributed by atoms with E-state index in [2.05, 4.69) is 37.5 Å². The number of nitrogens with one attached hydrogen (secondary N) is 1. The molecule has 0 aliphatic carbocycles. The lowest BCUT2D eigenvalue weighted by Crippen LogP contribution is -3.15. The SMILES string of the molecule is CC[C@H]1CCCC[NH+]1Cn1nc(-c2ccc(OC)cc2)n(C(C)C)c1=S. The molecule has 2 heterocycles. The number of quaternary nitrogens is 1. The molecule has 0 spiro atoms. The Morgan fingerprint density at radius 1 is 1.27 bits per heavy atom. The number of hydrogen-bond acceptors (Lipinski definition) is 3. The van der Waals surface area contributed by atoms with E-state index >= 15 is 0 Å². The fourth-order valence-corrected chi connectivity index (χ4v) is 4.37. The Kier molecular flexibility index (Phi) is 6.14. The van der Waals surface area contributed by atoms with Crippen LogP contribution >= 0.6 is 12.2 Å². The molecule has 5 nitrogen and oxygen atoms in total. The van der Waals surface area contributed by atoms with Gasteiger partial charge in [-0.2, -0.15) is 4.68 Å². The maximum Gasteiger partial charge on any atom is 0.203 e. The van der Waals surface area contributed by atoms with Gasteiger partial charge in [-0.3, -0.25) is 4.57 Å². The first-order chi connectivity index (χ1) is 12.5. The summed E-state index contributed by atoms with van der Waals surface area (Å²) in [5.41, 5.74) is 1.07. The van der Waals surface area contributed by atoms with E-state index in [0.29, 0.717) is 0 Å². The Morgan fingerprint density at radius 3 is 2.62 bits per heavy atom. The fourth-order valence-electron chi connectivity index (χ4n) is 3.97. The van der Waals surface area contributed by atoms with Crippen molar-refractivity contribution in [1.29, 1.82) is 0 Å². The molecule has 0 saturated carbocycles. The second-order valence-electron chi connectivity index (χ2n) is 7.47. The lowest BCUT2D eigenvalue weighted by molar-refractivity contribution is -0.953. The molecule has 1 fully saturated rings. The van der Waals surface area contributed by atoms with Crippen molar-refractivity contribution in [2.45, 2.75) is 65.2 Å². The molecule has 1 aromatic carbocycles. The Bertz CT molecular complexity index is 778. The topological polar surface area (TPSA) is 36.4 Å². The van der Waals surface area contributed by atoms with Gasteiger partial charge in [0.15, 0.2) is 12.5 Å². The summed E-state index contributed by atoms with van der Waals surface area (Å²) in [6.45, 7) is 8.70. The van der Waals surface area contributed by atoms with Crippen LogP contribution in [0.25, 0.3) is 11.4 Å². The molecule has 6 heteroatoms. The first kappa shape index (κ1) is 19.1. The van der Waals surface area contributed by atoms with Gasteiger partial charge in [-0.05, 0) is 76.0 Å². The highest BCUT2D eigenvalue weighted by Gasteiger charge is 2.26. The average molecular weight is 376 g/mol. The highest BCUT2D eigenvalue weighted by Crippen LogP contribution is 2.24. The molecule has 2 aromatic rings. The largest absolute Gasteiger partial charge is 0.497 e.